The third-order valence-electron chi connectivity index (χ3n) is 5.46. The van der Waals surface area contributed by atoms with Crippen LogP contribution in [-0.4, -0.2) is 17.6 Å². The fraction of sp³-hybridized carbons (Fsp3) is 0.259. The molecule has 3 aromatic carbocycles. The maximum absolute atomic E-state index is 13.1. The molecule has 1 N–H and O–H groups in total. The second-order valence-electron chi connectivity index (χ2n) is 8.36. The Morgan fingerprint density at radius 1 is 1.03 bits per heavy atom. The Balaban J connectivity index is 1.74. The molecule has 0 saturated heterocycles. The van der Waals surface area contributed by atoms with Gasteiger partial charge in [-0.1, -0.05) is 54.1 Å². The van der Waals surface area contributed by atoms with Crippen LogP contribution in [0.3, 0.4) is 0 Å². The summed E-state index contributed by atoms with van der Waals surface area (Å²) in [6.07, 6.45) is 0.763. The Morgan fingerprint density at radius 3 is 2.25 bits per heavy atom. The number of nitriles is 1. The van der Waals surface area contributed by atoms with Crippen molar-refractivity contribution in [3.63, 3.8) is 0 Å². The summed E-state index contributed by atoms with van der Waals surface area (Å²) in [5.41, 5.74) is 1.77. The average Bonchev–Trinajstić information content (AvgIpc) is 2.79. The van der Waals surface area contributed by atoms with E-state index < -0.39 is 5.60 Å². The van der Waals surface area contributed by atoms with Crippen LogP contribution >= 0.6 is 11.6 Å². The molecule has 5 heteroatoms. The van der Waals surface area contributed by atoms with E-state index in [4.69, 9.17) is 21.6 Å². The molecule has 0 aliphatic rings. The van der Waals surface area contributed by atoms with Gasteiger partial charge in [0.1, 0.15) is 5.75 Å². The van der Waals surface area contributed by atoms with Crippen LogP contribution in [0.15, 0.2) is 78.9 Å². The summed E-state index contributed by atoms with van der Waals surface area (Å²) in [7, 11) is 0. The minimum atomic E-state index is -1.08. The van der Waals surface area contributed by atoms with Crippen LogP contribution in [-0.2, 0) is 11.2 Å². The van der Waals surface area contributed by atoms with Crippen molar-refractivity contribution < 1.29 is 9.53 Å². The Labute approximate surface area is 194 Å². The van der Waals surface area contributed by atoms with Crippen LogP contribution in [0.1, 0.15) is 43.4 Å². The van der Waals surface area contributed by atoms with Crippen LogP contribution in [0, 0.1) is 11.3 Å². The SMILES string of the molecule is CC(NC(=O)C(C)(C)Oc1ccc(C#N)cc1)C(Cc1ccc(Cl)cc1)c1ccccc1. The van der Waals surface area contributed by atoms with Crippen molar-refractivity contribution in [2.45, 2.75) is 44.8 Å². The first-order chi connectivity index (χ1) is 15.3. The highest BCUT2D eigenvalue weighted by atomic mass is 35.5. The van der Waals surface area contributed by atoms with Gasteiger partial charge in [-0.3, -0.25) is 4.79 Å². The molecule has 164 valence electrons. The number of nitrogens with zero attached hydrogens (tertiary/aromatic N) is 1. The van der Waals surface area contributed by atoms with Gasteiger partial charge in [-0.2, -0.15) is 5.26 Å². The number of benzene rings is 3. The number of rotatable bonds is 8. The number of carbonyl (C=O) groups is 1. The van der Waals surface area contributed by atoms with Gasteiger partial charge in [0.05, 0.1) is 11.6 Å². The molecule has 0 radical (unpaired) electrons. The molecule has 4 nitrogen and oxygen atoms in total. The zero-order valence-corrected chi connectivity index (χ0v) is 19.3. The summed E-state index contributed by atoms with van der Waals surface area (Å²) in [4.78, 5) is 13.1. The van der Waals surface area contributed by atoms with Gasteiger partial charge in [0.25, 0.3) is 5.91 Å². The second-order valence-corrected chi connectivity index (χ2v) is 8.79. The zero-order valence-electron chi connectivity index (χ0n) is 18.5. The van der Waals surface area contributed by atoms with Crippen molar-refractivity contribution in [1.29, 1.82) is 5.26 Å². The number of halogens is 1. The standard InChI is InChI=1S/C27H27ClN2O2/c1-19(30-26(31)27(2,3)32-24-15-11-21(18-29)12-16-24)25(22-7-5-4-6-8-22)17-20-9-13-23(28)14-10-20/h4-16,19,25H,17H2,1-3H3,(H,30,31). The summed E-state index contributed by atoms with van der Waals surface area (Å²) in [6, 6.07) is 26.7. The molecule has 0 heterocycles. The van der Waals surface area contributed by atoms with Gasteiger partial charge in [-0.15, -0.1) is 0 Å². The lowest BCUT2D eigenvalue weighted by Crippen LogP contribution is -2.51. The van der Waals surface area contributed by atoms with E-state index in [-0.39, 0.29) is 17.9 Å². The van der Waals surface area contributed by atoms with Gasteiger partial charge in [-0.05, 0) is 74.7 Å². The van der Waals surface area contributed by atoms with Gasteiger partial charge < -0.3 is 10.1 Å². The highest BCUT2D eigenvalue weighted by Gasteiger charge is 2.33. The number of hydrogen-bond donors (Lipinski definition) is 1. The summed E-state index contributed by atoms with van der Waals surface area (Å²) < 4.78 is 5.94. The highest BCUT2D eigenvalue weighted by Crippen LogP contribution is 2.26. The van der Waals surface area contributed by atoms with Gasteiger partial charge in [0, 0.05) is 17.0 Å². The number of carbonyl (C=O) groups excluding carboxylic acids is 1. The molecule has 0 saturated carbocycles. The fourth-order valence-corrected chi connectivity index (χ4v) is 3.70. The molecular weight excluding hydrogens is 420 g/mol. The Bertz CT molecular complexity index is 1070. The maximum atomic E-state index is 13.1. The first-order valence-electron chi connectivity index (χ1n) is 10.6. The molecule has 0 aliphatic carbocycles. The average molecular weight is 447 g/mol. The summed E-state index contributed by atoms with van der Waals surface area (Å²) >= 11 is 6.04. The number of ether oxygens (including phenoxy) is 1. The molecule has 0 aromatic heterocycles. The van der Waals surface area contributed by atoms with E-state index in [1.165, 1.54) is 0 Å². The number of hydrogen-bond acceptors (Lipinski definition) is 3. The van der Waals surface area contributed by atoms with Crippen molar-refractivity contribution >= 4 is 17.5 Å². The smallest absolute Gasteiger partial charge is 0.263 e. The quantitative estimate of drug-likeness (QED) is 0.468. The highest BCUT2D eigenvalue weighted by molar-refractivity contribution is 6.30. The Morgan fingerprint density at radius 2 is 1.66 bits per heavy atom. The number of amides is 1. The fourth-order valence-electron chi connectivity index (χ4n) is 3.58. The largest absolute Gasteiger partial charge is 0.478 e. The molecule has 0 bridgehead atoms. The Hall–Kier alpha value is -3.29. The van der Waals surface area contributed by atoms with E-state index in [9.17, 15) is 4.79 Å². The maximum Gasteiger partial charge on any atom is 0.263 e. The summed E-state index contributed by atoms with van der Waals surface area (Å²) in [5.74, 6) is 0.413. The molecular formula is C27H27ClN2O2. The van der Waals surface area contributed by atoms with Crippen molar-refractivity contribution in [3.05, 3.63) is 101 Å². The van der Waals surface area contributed by atoms with Crippen molar-refractivity contribution in [1.82, 2.24) is 5.32 Å². The normalized spacial score (nSPS) is 13.0. The second kappa shape index (κ2) is 10.3. The van der Waals surface area contributed by atoms with Crippen LogP contribution in [0.4, 0.5) is 0 Å². The molecule has 0 spiro atoms. The lowest BCUT2D eigenvalue weighted by molar-refractivity contribution is -0.135. The molecule has 2 unspecified atom stereocenters. The molecule has 0 fully saturated rings. The molecule has 3 aromatic rings. The van der Waals surface area contributed by atoms with Gasteiger partial charge in [-0.25, -0.2) is 0 Å². The minimum absolute atomic E-state index is 0.0760. The lowest BCUT2D eigenvalue weighted by atomic mass is 9.86. The lowest BCUT2D eigenvalue weighted by Gasteiger charge is -2.31. The summed E-state index contributed by atoms with van der Waals surface area (Å²) in [6.45, 7) is 5.50. The summed E-state index contributed by atoms with van der Waals surface area (Å²) in [5, 5.41) is 12.8. The molecule has 2 atom stereocenters. The van der Waals surface area contributed by atoms with Crippen LogP contribution < -0.4 is 10.1 Å². The van der Waals surface area contributed by atoms with Crippen LogP contribution in [0.25, 0.3) is 0 Å². The van der Waals surface area contributed by atoms with Gasteiger partial charge in [0.15, 0.2) is 5.60 Å². The zero-order chi connectivity index (χ0) is 23.1. The van der Waals surface area contributed by atoms with Crippen LogP contribution in [0.5, 0.6) is 5.75 Å². The molecule has 0 aliphatic heterocycles. The van der Waals surface area contributed by atoms with Crippen molar-refractivity contribution in [2.75, 3.05) is 0 Å². The minimum Gasteiger partial charge on any atom is -0.478 e. The van der Waals surface area contributed by atoms with E-state index in [1.807, 2.05) is 49.4 Å². The Kier molecular flexibility index (Phi) is 7.56. The van der Waals surface area contributed by atoms with Crippen LogP contribution in [0.2, 0.25) is 5.02 Å². The molecule has 1 amide bonds. The number of nitrogens with one attached hydrogen (secondary N) is 1. The molecule has 32 heavy (non-hydrogen) atoms. The van der Waals surface area contributed by atoms with Gasteiger partial charge >= 0.3 is 0 Å². The van der Waals surface area contributed by atoms with E-state index in [0.29, 0.717) is 16.3 Å². The monoisotopic (exact) mass is 446 g/mol. The first kappa shape index (κ1) is 23.4. The predicted molar refractivity (Wildman–Crippen MR) is 128 cm³/mol. The van der Waals surface area contributed by atoms with Crippen molar-refractivity contribution in [3.8, 4) is 11.8 Å². The van der Waals surface area contributed by atoms with Crippen molar-refractivity contribution in [2.24, 2.45) is 0 Å². The third kappa shape index (κ3) is 6.12. The first-order valence-corrected chi connectivity index (χ1v) is 11.0. The topological polar surface area (TPSA) is 62.1 Å². The van der Waals surface area contributed by atoms with E-state index in [0.717, 1.165) is 17.5 Å². The van der Waals surface area contributed by atoms with Gasteiger partial charge in [0.2, 0.25) is 0 Å². The molecule has 3 rings (SSSR count). The van der Waals surface area contributed by atoms with E-state index >= 15 is 0 Å². The predicted octanol–water partition coefficient (Wildman–Crippen LogP) is 5.90. The van der Waals surface area contributed by atoms with E-state index in [2.05, 4.69) is 23.5 Å². The third-order valence-corrected chi connectivity index (χ3v) is 5.71. The van der Waals surface area contributed by atoms with E-state index in [1.54, 1.807) is 38.1 Å².